The lowest BCUT2D eigenvalue weighted by molar-refractivity contribution is 0.150. The molecule has 1 aromatic carbocycles. The smallest absolute Gasteiger partial charge is 0.321 e. The Morgan fingerprint density at radius 1 is 1.28 bits per heavy atom. The van der Waals surface area contributed by atoms with Crippen molar-refractivity contribution in [3.05, 3.63) is 54.0 Å². The Balaban J connectivity index is 1.44. The zero-order valence-electron chi connectivity index (χ0n) is 14.2. The van der Waals surface area contributed by atoms with E-state index in [2.05, 4.69) is 10.3 Å². The largest absolute Gasteiger partial charge is 0.477 e. The summed E-state index contributed by atoms with van der Waals surface area (Å²) in [5.74, 6) is 0.775. The average molecular weight is 343 g/mol. The zero-order valence-corrected chi connectivity index (χ0v) is 14.2. The van der Waals surface area contributed by atoms with Crippen molar-refractivity contribution >= 4 is 11.7 Å². The van der Waals surface area contributed by atoms with Gasteiger partial charge in [-0.15, -0.1) is 0 Å². The molecule has 3 rings (SSSR count). The van der Waals surface area contributed by atoms with E-state index in [0.29, 0.717) is 37.2 Å². The number of aryl methyl sites for hydroxylation is 1. The lowest BCUT2D eigenvalue weighted by atomic mass is 9.98. The molecule has 1 aliphatic rings. The lowest BCUT2D eigenvalue weighted by Gasteiger charge is -2.31. The van der Waals surface area contributed by atoms with Crippen LogP contribution in [-0.4, -0.2) is 35.6 Å². The number of likely N-dealkylation sites (tertiary alicyclic amines) is 1. The molecule has 0 bridgehead atoms. The molecule has 1 N–H and O–H groups in total. The minimum Gasteiger partial charge on any atom is -0.477 e. The van der Waals surface area contributed by atoms with Gasteiger partial charge in [0.15, 0.2) is 0 Å². The molecule has 0 atom stereocenters. The number of piperidine rings is 1. The summed E-state index contributed by atoms with van der Waals surface area (Å²) in [6, 6.07) is 9.50. The highest BCUT2D eigenvalue weighted by Gasteiger charge is 2.23. The summed E-state index contributed by atoms with van der Waals surface area (Å²) in [6.07, 6.45) is 3.51. The zero-order chi connectivity index (χ0) is 17.6. The predicted octanol–water partition coefficient (Wildman–Crippen LogP) is 3.85. The molecule has 5 nitrogen and oxygen atoms in total. The standard InChI is InChI=1S/C19H22FN3O2/c1-14-3-2-10-21-18(14)25-13-15-8-11-23(12-9-15)19(24)22-17-6-4-16(20)5-7-17/h2-7,10,15H,8-9,11-13H2,1H3,(H,22,24). The van der Waals surface area contributed by atoms with Crippen molar-refractivity contribution in [1.29, 1.82) is 0 Å². The van der Waals surface area contributed by atoms with E-state index in [0.717, 1.165) is 18.4 Å². The highest BCUT2D eigenvalue weighted by atomic mass is 19.1. The fourth-order valence-electron chi connectivity index (χ4n) is 2.86. The predicted molar refractivity (Wildman–Crippen MR) is 94.2 cm³/mol. The monoisotopic (exact) mass is 343 g/mol. The van der Waals surface area contributed by atoms with E-state index in [1.54, 1.807) is 23.2 Å². The van der Waals surface area contributed by atoms with Crippen LogP contribution in [0.5, 0.6) is 5.88 Å². The van der Waals surface area contributed by atoms with Gasteiger partial charge in [-0.2, -0.15) is 0 Å². The number of ether oxygens (including phenoxy) is 1. The van der Waals surface area contributed by atoms with Gasteiger partial charge in [-0.25, -0.2) is 14.2 Å². The van der Waals surface area contributed by atoms with Gasteiger partial charge in [0.25, 0.3) is 0 Å². The van der Waals surface area contributed by atoms with Crippen molar-refractivity contribution in [2.24, 2.45) is 5.92 Å². The van der Waals surface area contributed by atoms with Crippen LogP contribution in [0, 0.1) is 18.7 Å². The molecule has 1 saturated heterocycles. The molecule has 1 aromatic heterocycles. The van der Waals surface area contributed by atoms with E-state index in [1.165, 1.54) is 12.1 Å². The molecule has 0 aliphatic carbocycles. The Kier molecular flexibility index (Phi) is 5.48. The van der Waals surface area contributed by atoms with E-state index in [9.17, 15) is 9.18 Å². The summed E-state index contributed by atoms with van der Waals surface area (Å²) < 4.78 is 18.7. The maximum absolute atomic E-state index is 12.9. The van der Waals surface area contributed by atoms with Gasteiger partial charge in [0.05, 0.1) is 6.61 Å². The van der Waals surface area contributed by atoms with E-state index in [1.807, 2.05) is 19.1 Å². The number of anilines is 1. The molecule has 6 heteroatoms. The summed E-state index contributed by atoms with van der Waals surface area (Å²) in [4.78, 5) is 18.3. The molecule has 2 amide bonds. The van der Waals surface area contributed by atoms with Gasteiger partial charge < -0.3 is 15.0 Å². The topological polar surface area (TPSA) is 54.5 Å². The van der Waals surface area contributed by atoms with E-state index >= 15 is 0 Å². The number of rotatable bonds is 4. The lowest BCUT2D eigenvalue weighted by Crippen LogP contribution is -2.42. The van der Waals surface area contributed by atoms with Crippen LogP contribution in [-0.2, 0) is 0 Å². The fraction of sp³-hybridized carbons (Fsp3) is 0.368. The molecule has 0 unspecified atom stereocenters. The highest BCUT2D eigenvalue weighted by molar-refractivity contribution is 5.89. The molecule has 25 heavy (non-hydrogen) atoms. The second-order valence-corrected chi connectivity index (χ2v) is 6.30. The van der Waals surface area contributed by atoms with Gasteiger partial charge >= 0.3 is 6.03 Å². The minimum atomic E-state index is -0.318. The highest BCUT2D eigenvalue weighted by Crippen LogP contribution is 2.21. The van der Waals surface area contributed by atoms with Crippen molar-refractivity contribution in [2.45, 2.75) is 19.8 Å². The first-order valence-electron chi connectivity index (χ1n) is 8.48. The number of halogens is 1. The third kappa shape index (κ3) is 4.68. The number of hydrogen-bond donors (Lipinski definition) is 1. The van der Waals surface area contributed by atoms with Crippen LogP contribution in [0.15, 0.2) is 42.6 Å². The van der Waals surface area contributed by atoms with Crippen molar-refractivity contribution < 1.29 is 13.9 Å². The third-order valence-corrected chi connectivity index (χ3v) is 4.41. The molecular formula is C19H22FN3O2. The molecular weight excluding hydrogens is 321 g/mol. The van der Waals surface area contributed by atoms with Crippen molar-refractivity contribution in [3.63, 3.8) is 0 Å². The van der Waals surface area contributed by atoms with Gasteiger partial charge in [0.1, 0.15) is 5.82 Å². The number of aromatic nitrogens is 1. The number of benzene rings is 1. The molecule has 2 heterocycles. The SMILES string of the molecule is Cc1cccnc1OCC1CCN(C(=O)Nc2ccc(F)cc2)CC1. The summed E-state index contributed by atoms with van der Waals surface area (Å²) in [6.45, 7) is 3.96. The normalized spacial score (nSPS) is 15.0. The Hall–Kier alpha value is -2.63. The molecule has 2 aromatic rings. The molecule has 1 aliphatic heterocycles. The number of nitrogens with zero attached hydrogens (tertiary/aromatic N) is 2. The van der Waals surface area contributed by atoms with Crippen LogP contribution in [0.25, 0.3) is 0 Å². The maximum atomic E-state index is 12.9. The quantitative estimate of drug-likeness (QED) is 0.917. The average Bonchev–Trinajstić information content (AvgIpc) is 2.63. The first-order chi connectivity index (χ1) is 12.1. The number of carbonyl (C=O) groups is 1. The van der Waals surface area contributed by atoms with Crippen LogP contribution < -0.4 is 10.1 Å². The number of amides is 2. The van der Waals surface area contributed by atoms with E-state index in [-0.39, 0.29) is 11.8 Å². The molecule has 1 fully saturated rings. The van der Waals surface area contributed by atoms with Gasteiger partial charge in [0.2, 0.25) is 5.88 Å². The van der Waals surface area contributed by atoms with Crippen LogP contribution in [0.3, 0.4) is 0 Å². The number of hydrogen-bond acceptors (Lipinski definition) is 3. The first kappa shape index (κ1) is 17.2. The Labute approximate surface area is 146 Å². The second-order valence-electron chi connectivity index (χ2n) is 6.30. The molecule has 0 spiro atoms. The van der Waals surface area contributed by atoms with Crippen LogP contribution in [0.4, 0.5) is 14.9 Å². The summed E-state index contributed by atoms with van der Waals surface area (Å²) in [7, 11) is 0. The van der Waals surface area contributed by atoms with Crippen molar-refractivity contribution in [3.8, 4) is 5.88 Å². The summed E-state index contributed by atoms with van der Waals surface area (Å²) in [5.41, 5.74) is 1.63. The third-order valence-electron chi connectivity index (χ3n) is 4.41. The molecule has 0 radical (unpaired) electrons. The van der Waals surface area contributed by atoms with Gasteiger partial charge in [-0.05, 0) is 56.0 Å². The first-order valence-corrected chi connectivity index (χ1v) is 8.48. The van der Waals surface area contributed by atoms with Crippen LogP contribution in [0.1, 0.15) is 18.4 Å². The Morgan fingerprint density at radius 2 is 2.00 bits per heavy atom. The molecule has 132 valence electrons. The summed E-state index contributed by atoms with van der Waals surface area (Å²) >= 11 is 0. The van der Waals surface area contributed by atoms with E-state index < -0.39 is 0 Å². The fourth-order valence-corrected chi connectivity index (χ4v) is 2.86. The Morgan fingerprint density at radius 3 is 2.68 bits per heavy atom. The van der Waals surface area contributed by atoms with Gasteiger partial charge in [-0.1, -0.05) is 6.07 Å². The van der Waals surface area contributed by atoms with Crippen LogP contribution in [0.2, 0.25) is 0 Å². The maximum Gasteiger partial charge on any atom is 0.321 e. The van der Waals surface area contributed by atoms with Gasteiger partial charge in [0, 0.05) is 30.5 Å². The van der Waals surface area contributed by atoms with Crippen molar-refractivity contribution in [2.75, 3.05) is 25.0 Å². The van der Waals surface area contributed by atoms with Gasteiger partial charge in [-0.3, -0.25) is 0 Å². The molecule has 0 saturated carbocycles. The minimum absolute atomic E-state index is 0.147. The number of urea groups is 1. The van der Waals surface area contributed by atoms with E-state index in [4.69, 9.17) is 4.74 Å². The number of pyridine rings is 1. The van der Waals surface area contributed by atoms with Crippen LogP contribution >= 0.6 is 0 Å². The number of carbonyl (C=O) groups excluding carboxylic acids is 1. The Bertz CT molecular complexity index is 713. The number of nitrogens with one attached hydrogen (secondary N) is 1. The van der Waals surface area contributed by atoms with Crippen molar-refractivity contribution in [1.82, 2.24) is 9.88 Å². The second kappa shape index (κ2) is 7.96. The summed E-state index contributed by atoms with van der Waals surface area (Å²) in [5, 5.41) is 2.80.